The maximum Gasteiger partial charge on any atom is 0.219 e. The Balaban J connectivity index is 1.85. The van der Waals surface area contributed by atoms with Crippen molar-refractivity contribution in [2.24, 2.45) is 0 Å². The zero-order chi connectivity index (χ0) is 10.8. The molecule has 2 N–H and O–H groups in total. The molecule has 2 fully saturated rings. The van der Waals surface area contributed by atoms with Crippen molar-refractivity contribution in [3.63, 3.8) is 0 Å². The molecule has 2 rings (SSSR count). The van der Waals surface area contributed by atoms with Gasteiger partial charge in [-0.1, -0.05) is 0 Å². The average molecular weight is 213 g/mol. The molecule has 2 atom stereocenters. The number of aliphatic hydroxyl groups excluding tert-OH is 1. The van der Waals surface area contributed by atoms with Gasteiger partial charge in [-0.05, 0) is 0 Å². The molecule has 2 aliphatic heterocycles. The summed E-state index contributed by atoms with van der Waals surface area (Å²) in [7, 11) is 0. The summed E-state index contributed by atoms with van der Waals surface area (Å²) >= 11 is 0. The van der Waals surface area contributed by atoms with Crippen LogP contribution in [0.3, 0.4) is 0 Å². The number of rotatable bonds is 1. The van der Waals surface area contributed by atoms with Crippen molar-refractivity contribution in [3.05, 3.63) is 0 Å². The first-order chi connectivity index (χ1) is 7.18. The normalized spacial score (nSPS) is 33.3. The van der Waals surface area contributed by atoms with Gasteiger partial charge in [-0.15, -0.1) is 0 Å². The lowest BCUT2D eigenvalue weighted by molar-refractivity contribution is -0.131. The van der Waals surface area contributed by atoms with Crippen molar-refractivity contribution in [1.29, 1.82) is 0 Å². The molecule has 0 aromatic heterocycles. The third kappa shape index (κ3) is 2.30. The minimum absolute atomic E-state index is 0.153. The van der Waals surface area contributed by atoms with E-state index < -0.39 is 0 Å². The van der Waals surface area contributed by atoms with Crippen LogP contribution in [0, 0.1) is 0 Å². The van der Waals surface area contributed by atoms with Gasteiger partial charge in [0.2, 0.25) is 5.91 Å². The summed E-state index contributed by atoms with van der Waals surface area (Å²) in [5.41, 5.74) is 0. The molecule has 2 saturated heterocycles. The molecule has 0 spiro atoms. The van der Waals surface area contributed by atoms with E-state index in [1.165, 1.54) is 0 Å². The van der Waals surface area contributed by atoms with Crippen LogP contribution >= 0.6 is 0 Å². The molecule has 86 valence electrons. The Bertz CT molecular complexity index is 239. The molecule has 15 heavy (non-hydrogen) atoms. The molecule has 1 amide bonds. The van der Waals surface area contributed by atoms with E-state index in [0.717, 1.165) is 32.7 Å². The number of aliphatic hydroxyl groups is 1. The van der Waals surface area contributed by atoms with Crippen LogP contribution in [0.2, 0.25) is 0 Å². The number of nitrogens with one attached hydrogen (secondary N) is 1. The Hall–Kier alpha value is -0.650. The maximum atomic E-state index is 11.1. The van der Waals surface area contributed by atoms with Crippen molar-refractivity contribution < 1.29 is 9.90 Å². The fourth-order valence-electron chi connectivity index (χ4n) is 2.39. The highest BCUT2D eigenvalue weighted by atomic mass is 16.3. The minimum atomic E-state index is -0.256. The lowest BCUT2D eigenvalue weighted by atomic mass is 10.1. The van der Waals surface area contributed by atoms with Crippen molar-refractivity contribution in [2.75, 3.05) is 39.3 Å². The molecular weight excluding hydrogens is 194 g/mol. The van der Waals surface area contributed by atoms with E-state index in [1.807, 2.05) is 4.90 Å². The van der Waals surface area contributed by atoms with Crippen LogP contribution < -0.4 is 5.32 Å². The number of β-amino-alcohol motifs (C(OH)–C–C–N with tert-alkyl or cyclic N) is 1. The molecule has 0 saturated carbocycles. The Labute approximate surface area is 90.0 Å². The van der Waals surface area contributed by atoms with E-state index in [1.54, 1.807) is 6.92 Å². The van der Waals surface area contributed by atoms with Crippen molar-refractivity contribution in [3.8, 4) is 0 Å². The SMILES string of the molecule is CC(=O)N1CCN([C@@H]2CNC[C@H]2O)CC1. The second-order valence-electron chi connectivity index (χ2n) is 4.33. The zero-order valence-corrected chi connectivity index (χ0v) is 9.15. The van der Waals surface area contributed by atoms with E-state index in [4.69, 9.17) is 0 Å². The van der Waals surface area contributed by atoms with Gasteiger partial charge in [-0.2, -0.15) is 0 Å². The molecule has 0 aliphatic carbocycles. The second kappa shape index (κ2) is 4.47. The molecule has 0 aromatic carbocycles. The number of carbonyl (C=O) groups is 1. The molecular formula is C10H19N3O2. The van der Waals surface area contributed by atoms with Crippen LogP contribution in [-0.4, -0.2) is 72.2 Å². The van der Waals surface area contributed by atoms with Gasteiger partial charge < -0.3 is 15.3 Å². The van der Waals surface area contributed by atoms with Crippen LogP contribution in [0.25, 0.3) is 0 Å². The fourth-order valence-corrected chi connectivity index (χ4v) is 2.39. The van der Waals surface area contributed by atoms with Gasteiger partial charge in [-0.25, -0.2) is 0 Å². The molecule has 5 nitrogen and oxygen atoms in total. The number of hydrogen-bond donors (Lipinski definition) is 2. The third-order valence-corrected chi connectivity index (χ3v) is 3.38. The second-order valence-corrected chi connectivity index (χ2v) is 4.33. The van der Waals surface area contributed by atoms with Gasteiger partial charge in [0.1, 0.15) is 0 Å². The first-order valence-electron chi connectivity index (χ1n) is 5.57. The summed E-state index contributed by atoms with van der Waals surface area (Å²) in [6, 6.07) is 0.235. The molecule has 0 unspecified atom stereocenters. The largest absolute Gasteiger partial charge is 0.390 e. The summed E-state index contributed by atoms with van der Waals surface area (Å²) < 4.78 is 0. The molecule has 0 aromatic rings. The predicted molar refractivity (Wildman–Crippen MR) is 56.5 cm³/mol. The minimum Gasteiger partial charge on any atom is -0.390 e. The predicted octanol–water partition coefficient (Wildman–Crippen LogP) is -1.52. The smallest absolute Gasteiger partial charge is 0.219 e. The highest BCUT2D eigenvalue weighted by Crippen LogP contribution is 2.12. The van der Waals surface area contributed by atoms with Gasteiger partial charge in [0.15, 0.2) is 0 Å². The van der Waals surface area contributed by atoms with Gasteiger partial charge in [0, 0.05) is 52.2 Å². The number of nitrogens with zero attached hydrogens (tertiary/aromatic N) is 2. The topological polar surface area (TPSA) is 55.8 Å². The van der Waals surface area contributed by atoms with Crippen LogP contribution in [0.5, 0.6) is 0 Å². The molecule has 2 heterocycles. The Morgan fingerprint density at radius 3 is 2.40 bits per heavy atom. The van der Waals surface area contributed by atoms with Gasteiger partial charge >= 0.3 is 0 Å². The first-order valence-corrected chi connectivity index (χ1v) is 5.57. The lowest BCUT2D eigenvalue weighted by Crippen LogP contribution is -2.54. The monoisotopic (exact) mass is 213 g/mol. The van der Waals surface area contributed by atoms with Crippen LogP contribution in [-0.2, 0) is 4.79 Å². The summed E-state index contributed by atoms with van der Waals surface area (Å²) in [6.45, 7) is 6.50. The molecule has 0 bridgehead atoms. The quantitative estimate of drug-likeness (QED) is 0.556. The summed E-state index contributed by atoms with van der Waals surface area (Å²) in [5, 5.41) is 12.9. The van der Waals surface area contributed by atoms with Crippen molar-refractivity contribution >= 4 is 5.91 Å². The fraction of sp³-hybridized carbons (Fsp3) is 0.900. The number of hydrogen-bond acceptors (Lipinski definition) is 4. The molecule has 5 heteroatoms. The number of carbonyl (C=O) groups excluding carboxylic acids is 1. The van der Waals surface area contributed by atoms with E-state index in [2.05, 4.69) is 10.2 Å². The first kappa shape index (κ1) is 10.9. The van der Waals surface area contributed by atoms with Gasteiger partial charge in [-0.3, -0.25) is 9.69 Å². The van der Waals surface area contributed by atoms with Crippen molar-refractivity contribution in [1.82, 2.24) is 15.1 Å². The average Bonchev–Trinajstić information content (AvgIpc) is 2.65. The standard InChI is InChI=1S/C10H19N3O2/c1-8(14)12-2-4-13(5-3-12)9-6-11-7-10(9)15/h9-11,15H,2-7H2,1H3/t9-,10-/m1/s1. The van der Waals surface area contributed by atoms with Crippen LogP contribution in [0.4, 0.5) is 0 Å². The Morgan fingerprint density at radius 2 is 1.93 bits per heavy atom. The summed E-state index contributed by atoms with van der Waals surface area (Å²) in [5.74, 6) is 0.153. The van der Waals surface area contributed by atoms with Gasteiger partial charge in [0.05, 0.1) is 6.10 Å². The lowest BCUT2D eigenvalue weighted by Gasteiger charge is -2.38. The van der Waals surface area contributed by atoms with Gasteiger partial charge in [0.25, 0.3) is 0 Å². The molecule has 0 radical (unpaired) electrons. The van der Waals surface area contributed by atoms with E-state index in [9.17, 15) is 9.90 Å². The zero-order valence-electron chi connectivity index (χ0n) is 9.15. The third-order valence-electron chi connectivity index (χ3n) is 3.38. The Morgan fingerprint density at radius 1 is 1.27 bits per heavy atom. The van der Waals surface area contributed by atoms with E-state index in [-0.39, 0.29) is 18.1 Å². The highest BCUT2D eigenvalue weighted by molar-refractivity contribution is 5.73. The summed E-state index contributed by atoms with van der Waals surface area (Å²) in [6.07, 6.45) is -0.256. The van der Waals surface area contributed by atoms with E-state index in [0.29, 0.717) is 6.54 Å². The van der Waals surface area contributed by atoms with Crippen LogP contribution in [0.1, 0.15) is 6.92 Å². The van der Waals surface area contributed by atoms with Crippen LogP contribution in [0.15, 0.2) is 0 Å². The Kier molecular flexibility index (Phi) is 3.23. The summed E-state index contributed by atoms with van der Waals surface area (Å²) in [4.78, 5) is 15.3. The highest BCUT2D eigenvalue weighted by Gasteiger charge is 2.32. The van der Waals surface area contributed by atoms with E-state index >= 15 is 0 Å². The number of amides is 1. The number of piperazine rings is 1. The van der Waals surface area contributed by atoms with Crippen molar-refractivity contribution in [2.45, 2.75) is 19.1 Å². The maximum absolute atomic E-state index is 11.1. The molecule has 2 aliphatic rings.